The molecule has 1 heterocycles. The van der Waals surface area contributed by atoms with Gasteiger partial charge in [0, 0.05) is 32.7 Å². The minimum absolute atomic E-state index is 0. The largest absolute Gasteiger partial charge is 0.379 e. The van der Waals surface area contributed by atoms with E-state index in [2.05, 4.69) is 53.6 Å². The van der Waals surface area contributed by atoms with Crippen LogP contribution < -0.4 is 10.6 Å². The van der Waals surface area contributed by atoms with Crippen LogP contribution >= 0.6 is 24.0 Å². The lowest BCUT2D eigenvalue weighted by atomic mass is 9.67. The average molecular weight is 500 g/mol. The maximum atomic E-state index is 5.42. The van der Waals surface area contributed by atoms with Gasteiger partial charge in [0.15, 0.2) is 5.96 Å². The first-order chi connectivity index (χ1) is 13.2. The molecule has 1 saturated carbocycles. The SMILES string of the molecule is CCNC(=NCc1ccc(CN2CCOCC2)cc1)NCC1(CC)CCC1.I. The molecule has 0 bridgehead atoms. The van der Waals surface area contributed by atoms with Crippen LogP contribution in [-0.4, -0.2) is 50.3 Å². The van der Waals surface area contributed by atoms with Crippen molar-refractivity contribution in [2.45, 2.75) is 52.6 Å². The summed E-state index contributed by atoms with van der Waals surface area (Å²) in [6.45, 7) is 11.9. The monoisotopic (exact) mass is 500 g/mol. The Bertz CT molecular complexity index is 590. The zero-order chi connectivity index (χ0) is 19.0. The lowest BCUT2D eigenvalue weighted by Gasteiger charge is -2.41. The number of halogens is 1. The summed E-state index contributed by atoms with van der Waals surface area (Å²) in [4.78, 5) is 7.24. The van der Waals surface area contributed by atoms with Gasteiger partial charge in [-0.2, -0.15) is 0 Å². The molecular formula is C22H37IN4O. The van der Waals surface area contributed by atoms with E-state index in [-0.39, 0.29) is 24.0 Å². The fourth-order valence-electron chi connectivity index (χ4n) is 3.88. The van der Waals surface area contributed by atoms with E-state index < -0.39 is 0 Å². The maximum absolute atomic E-state index is 5.42. The molecule has 1 aliphatic carbocycles. The zero-order valence-electron chi connectivity index (χ0n) is 17.5. The Hall–Kier alpha value is -0.860. The molecule has 1 aromatic rings. The van der Waals surface area contributed by atoms with Gasteiger partial charge in [0.2, 0.25) is 0 Å². The van der Waals surface area contributed by atoms with Crippen molar-refractivity contribution in [2.24, 2.45) is 10.4 Å². The highest BCUT2D eigenvalue weighted by Crippen LogP contribution is 2.42. The molecular weight excluding hydrogens is 463 g/mol. The Kier molecular flexibility index (Phi) is 10.0. The molecule has 0 unspecified atom stereocenters. The third kappa shape index (κ3) is 6.88. The fourth-order valence-corrected chi connectivity index (χ4v) is 3.88. The number of hydrogen-bond donors (Lipinski definition) is 2. The Morgan fingerprint density at radius 3 is 2.32 bits per heavy atom. The quantitative estimate of drug-likeness (QED) is 0.324. The number of nitrogens with one attached hydrogen (secondary N) is 2. The zero-order valence-corrected chi connectivity index (χ0v) is 19.8. The van der Waals surface area contributed by atoms with Crippen molar-refractivity contribution in [1.82, 2.24) is 15.5 Å². The van der Waals surface area contributed by atoms with Gasteiger partial charge in [0.25, 0.3) is 0 Å². The molecule has 1 saturated heterocycles. The number of morpholine rings is 1. The van der Waals surface area contributed by atoms with Gasteiger partial charge in [-0.05, 0) is 42.7 Å². The third-order valence-corrected chi connectivity index (χ3v) is 6.09. The molecule has 2 N–H and O–H groups in total. The van der Waals surface area contributed by atoms with Crippen LogP contribution in [0, 0.1) is 5.41 Å². The summed E-state index contributed by atoms with van der Waals surface area (Å²) in [6.07, 6.45) is 5.32. The Morgan fingerprint density at radius 2 is 1.75 bits per heavy atom. The lowest BCUT2D eigenvalue weighted by molar-refractivity contribution is 0.0342. The molecule has 2 fully saturated rings. The number of hydrogen-bond acceptors (Lipinski definition) is 3. The second-order valence-corrected chi connectivity index (χ2v) is 7.96. The molecule has 1 aliphatic heterocycles. The van der Waals surface area contributed by atoms with Gasteiger partial charge in [-0.25, -0.2) is 4.99 Å². The maximum Gasteiger partial charge on any atom is 0.191 e. The van der Waals surface area contributed by atoms with Crippen LogP contribution in [0.4, 0.5) is 0 Å². The van der Waals surface area contributed by atoms with E-state index in [0.717, 1.165) is 51.9 Å². The lowest BCUT2D eigenvalue weighted by Crippen LogP contribution is -2.46. The smallest absolute Gasteiger partial charge is 0.191 e. The molecule has 0 amide bonds. The van der Waals surface area contributed by atoms with Crippen molar-refractivity contribution in [2.75, 3.05) is 39.4 Å². The van der Waals surface area contributed by atoms with Crippen LogP contribution in [0.1, 0.15) is 50.7 Å². The fraction of sp³-hybridized carbons (Fsp3) is 0.682. The molecule has 0 radical (unpaired) electrons. The predicted octanol–water partition coefficient (Wildman–Crippen LogP) is 3.77. The topological polar surface area (TPSA) is 48.9 Å². The first kappa shape index (κ1) is 23.4. The first-order valence-electron chi connectivity index (χ1n) is 10.6. The van der Waals surface area contributed by atoms with Gasteiger partial charge < -0.3 is 15.4 Å². The van der Waals surface area contributed by atoms with E-state index in [1.165, 1.54) is 36.8 Å². The van der Waals surface area contributed by atoms with Crippen LogP contribution in [0.5, 0.6) is 0 Å². The Morgan fingerprint density at radius 1 is 1.07 bits per heavy atom. The second-order valence-electron chi connectivity index (χ2n) is 7.96. The van der Waals surface area contributed by atoms with Crippen LogP contribution in [0.25, 0.3) is 0 Å². The summed E-state index contributed by atoms with van der Waals surface area (Å²) in [6, 6.07) is 8.90. The minimum atomic E-state index is 0. The average Bonchev–Trinajstić information content (AvgIpc) is 2.67. The molecule has 0 aromatic heterocycles. The summed E-state index contributed by atoms with van der Waals surface area (Å²) < 4.78 is 5.42. The molecule has 2 aliphatic rings. The third-order valence-electron chi connectivity index (χ3n) is 6.09. The van der Waals surface area contributed by atoms with E-state index in [9.17, 15) is 0 Å². The highest BCUT2D eigenvalue weighted by Gasteiger charge is 2.34. The number of guanidine groups is 1. The standard InChI is InChI=1S/C22H36N4O.HI/c1-3-22(10-5-11-22)18-25-21(23-4-2)24-16-19-6-8-20(9-7-19)17-26-12-14-27-15-13-26;/h6-9H,3-5,10-18H2,1-2H3,(H2,23,24,25);1H. The Balaban J connectivity index is 0.00000280. The van der Waals surface area contributed by atoms with Crippen molar-refractivity contribution in [3.63, 3.8) is 0 Å². The highest BCUT2D eigenvalue weighted by molar-refractivity contribution is 14.0. The van der Waals surface area contributed by atoms with Crippen molar-refractivity contribution in [3.05, 3.63) is 35.4 Å². The second kappa shape index (κ2) is 12.0. The summed E-state index contributed by atoms with van der Waals surface area (Å²) in [5.41, 5.74) is 3.12. The van der Waals surface area contributed by atoms with Crippen molar-refractivity contribution >= 4 is 29.9 Å². The van der Waals surface area contributed by atoms with E-state index in [4.69, 9.17) is 9.73 Å². The molecule has 0 atom stereocenters. The number of rotatable bonds is 8. The van der Waals surface area contributed by atoms with Gasteiger partial charge in [0.1, 0.15) is 0 Å². The van der Waals surface area contributed by atoms with Crippen molar-refractivity contribution in [1.29, 1.82) is 0 Å². The molecule has 28 heavy (non-hydrogen) atoms. The first-order valence-corrected chi connectivity index (χ1v) is 10.6. The number of nitrogens with zero attached hydrogens (tertiary/aromatic N) is 2. The number of benzene rings is 1. The molecule has 1 aromatic carbocycles. The van der Waals surface area contributed by atoms with Crippen molar-refractivity contribution < 1.29 is 4.74 Å². The van der Waals surface area contributed by atoms with Gasteiger partial charge in [-0.3, -0.25) is 4.90 Å². The van der Waals surface area contributed by atoms with Crippen molar-refractivity contribution in [3.8, 4) is 0 Å². The Labute approximate surface area is 187 Å². The number of ether oxygens (including phenoxy) is 1. The summed E-state index contributed by atoms with van der Waals surface area (Å²) in [7, 11) is 0. The summed E-state index contributed by atoms with van der Waals surface area (Å²) >= 11 is 0. The van der Waals surface area contributed by atoms with Gasteiger partial charge in [-0.15, -0.1) is 24.0 Å². The van der Waals surface area contributed by atoms with Gasteiger partial charge in [-0.1, -0.05) is 37.6 Å². The molecule has 5 nitrogen and oxygen atoms in total. The van der Waals surface area contributed by atoms with Crippen LogP contribution in [-0.2, 0) is 17.8 Å². The van der Waals surface area contributed by atoms with Gasteiger partial charge in [0.05, 0.1) is 19.8 Å². The van der Waals surface area contributed by atoms with E-state index in [0.29, 0.717) is 12.0 Å². The molecule has 6 heteroatoms. The van der Waals surface area contributed by atoms with E-state index in [1.807, 2.05) is 0 Å². The van der Waals surface area contributed by atoms with E-state index in [1.54, 1.807) is 0 Å². The van der Waals surface area contributed by atoms with Crippen LogP contribution in [0.2, 0.25) is 0 Å². The normalized spacial score (nSPS) is 19.4. The van der Waals surface area contributed by atoms with Crippen LogP contribution in [0.3, 0.4) is 0 Å². The highest BCUT2D eigenvalue weighted by atomic mass is 127. The number of aliphatic imine (C=N–C) groups is 1. The molecule has 0 spiro atoms. The summed E-state index contributed by atoms with van der Waals surface area (Å²) in [5, 5.41) is 6.95. The van der Waals surface area contributed by atoms with Gasteiger partial charge >= 0.3 is 0 Å². The predicted molar refractivity (Wildman–Crippen MR) is 127 cm³/mol. The van der Waals surface area contributed by atoms with E-state index >= 15 is 0 Å². The minimum Gasteiger partial charge on any atom is -0.379 e. The molecule has 158 valence electrons. The van der Waals surface area contributed by atoms with Crippen LogP contribution in [0.15, 0.2) is 29.3 Å². The summed E-state index contributed by atoms with van der Waals surface area (Å²) in [5.74, 6) is 0.939. The molecule has 3 rings (SSSR count).